The quantitative estimate of drug-likeness (QED) is 0.346. The number of hydrogen-bond donors (Lipinski definition) is 0. The van der Waals surface area contributed by atoms with Crippen LogP contribution < -0.4 is 29.5 Å². The van der Waals surface area contributed by atoms with E-state index in [4.69, 9.17) is 4.74 Å². The standard InChI is InChI=1S/C30H28N2O4S.Li/c33-28-25(18-31-13-15-36-16-14-31)24(17-22-11-6-10-20-7-4-5-12-23(20)22)27(21-8-2-1-3-9-21)29-32(28)26(19-37-29)30(34)35;/h1-12,26H,13-19H2,(H,34,35);/q;+1/p-1/t26-;/m0./s1. The molecule has 0 amide bonds. The van der Waals surface area contributed by atoms with Gasteiger partial charge in [-0.2, -0.15) is 0 Å². The molecule has 188 valence electrons. The van der Waals surface area contributed by atoms with Crippen molar-refractivity contribution >= 4 is 28.5 Å². The van der Waals surface area contributed by atoms with Gasteiger partial charge in [0.2, 0.25) is 0 Å². The van der Waals surface area contributed by atoms with Crippen molar-refractivity contribution in [3.8, 4) is 11.1 Å². The van der Waals surface area contributed by atoms with Crippen molar-refractivity contribution in [2.24, 2.45) is 0 Å². The molecule has 0 spiro atoms. The topological polar surface area (TPSA) is 74.6 Å². The van der Waals surface area contributed by atoms with Gasteiger partial charge in [0, 0.05) is 36.5 Å². The molecule has 6 nitrogen and oxygen atoms in total. The Bertz CT molecular complexity index is 1530. The number of carbonyl (C=O) groups is 1. The molecule has 3 aromatic carbocycles. The number of carboxylic acid groups (broad SMARTS) is 1. The number of morpholine rings is 1. The van der Waals surface area contributed by atoms with Gasteiger partial charge in [-0.25, -0.2) is 0 Å². The summed E-state index contributed by atoms with van der Waals surface area (Å²) in [5, 5.41) is 15.1. The third-order valence-corrected chi connectivity index (χ3v) is 8.49. The number of thioether (sulfide) groups is 1. The fourth-order valence-corrected chi connectivity index (χ4v) is 6.81. The molecular formula is C30H27LiN2O4S. The Morgan fingerprint density at radius 3 is 2.42 bits per heavy atom. The van der Waals surface area contributed by atoms with Crippen LogP contribution >= 0.6 is 11.8 Å². The first-order valence-electron chi connectivity index (χ1n) is 12.6. The molecule has 0 N–H and O–H groups in total. The number of benzene rings is 3. The summed E-state index contributed by atoms with van der Waals surface area (Å²) in [7, 11) is 0. The molecule has 1 atom stereocenters. The van der Waals surface area contributed by atoms with Crippen LogP contribution in [0.5, 0.6) is 0 Å². The molecule has 1 fully saturated rings. The van der Waals surface area contributed by atoms with Gasteiger partial charge in [0.05, 0.1) is 30.3 Å². The summed E-state index contributed by atoms with van der Waals surface area (Å²) in [5.41, 5.74) is 4.47. The van der Waals surface area contributed by atoms with Gasteiger partial charge in [0.1, 0.15) is 0 Å². The van der Waals surface area contributed by atoms with Gasteiger partial charge in [-0.05, 0) is 33.9 Å². The average molecular weight is 519 g/mol. The van der Waals surface area contributed by atoms with Crippen molar-refractivity contribution in [3.05, 3.63) is 99.8 Å². The summed E-state index contributed by atoms with van der Waals surface area (Å²) in [6, 6.07) is 23.6. The second kappa shape index (κ2) is 11.5. The van der Waals surface area contributed by atoms with Crippen molar-refractivity contribution in [1.82, 2.24) is 9.47 Å². The third-order valence-electron chi connectivity index (χ3n) is 7.33. The molecule has 38 heavy (non-hydrogen) atoms. The van der Waals surface area contributed by atoms with E-state index >= 15 is 0 Å². The molecule has 0 saturated carbocycles. The first kappa shape index (κ1) is 26.8. The number of rotatable bonds is 6. The molecule has 0 bridgehead atoms. The van der Waals surface area contributed by atoms with Gasteiger partial charge in [-0.1, -0.05) is 72.8 Å². The number of aliphatic carboxylic acids is 1. The Hall–Kier alpha value is -2.79. The van der Waals surface area contributed by atoms with Crippen LogP contribution in [-0.2, 0) is 22.5 Å². The number of ether oxygens (including phenoxy) is 1. The number of aromatic nitrogens is 1. The fourth-order valence-electron chi connectivity index (χ4n) is 5.48. The zero-order valence-corrected chi connectivity index (χ0v) is 22.2. The molecule has 0 unspecified atom stereocenters. The number of hydrogen-bond acceptors (Lipinski definition) is 6. The molecule has 0 aliphatic carbocycles. The molecular weight excluding hydrogens is 491 g/mol. The van der Waals surface area contributed by atoms with Crippen molar-refractivity contribution in [2.45, 2.75) is 24.0 Å². The van der Waals surface area contributed by atoms with Gasteiger partial charge in [-0.15, -0.1) is 11.8 Å². The molecule has 2 aliphatic heterocycles. The van der Waals surface area contributed by atoms with E-state index in [1.165, 1.54) is 16.3 Å². The van der Waals surface area contributed by atoms with E-state index in [1.807, 2.05) is 42.5 Å². The summed E-state index contributed by atoms with van der Waals surface area (Å²) < 4.78 is 7.02. The summed E-state index contributed by atoms with van der Waals surface area (Å²) in [4.78, 5) is 28.4. The van der Waals surface area contributed by atoms with Crippen molar-refractivity contribution in [2.75, 3.05) is 32.1 Å². The minimum atomic E-state index is -1.22. The average Bonchev–Trinajstić information content (AvgIpc) is 3.38. The largest absolute Gasteiger partial charge is 1.00 e. The van der Waals surface area contributed by atoms with Crippen LogP contribution in [0.15, 0.2) is 82.6 Å². The van der Waals surface area contributed by atoms with E-state index in [9.17, 15) is 14.7 Å². The van der Waals surface area contributed by atoms with Gasteiger partial charge in [0.25, 0.3) is 5.56 Å². The first-order valence-corrected chi connectivity index (χ1v) is 13.6. The summed E-state index contributed by atoms with van der Waals surface area (Å²) >= 11 is 1.43. The molecule has 6 rings (SSSR count). The zero-order valence-electron chi connectivity index (χ0n) is 21.4. The summed E-state index contributed by atoms with van der Waals surface area (Å²) in [6.07, 6.45) is 0.574. The molecule has 4 aromatic rings. The molecule has 3 heterocycles. The first-order chi connectivity index (χ1) is 18.1. The minimum Gasteiger partial charge on any atom is -0.548 e. The van der Waals surface area contributed by atoms with Gasteiger partial charge in [0.15, 0.2) is 0 Å². The van der Waals surface area contributed by atoms with E-state index in [2.05, 4.69) is 35.2 Å². The Labute approximate surface area is 237 Å². The smallest absolute Gasteiger partial charge is 0.548 e. The number of nitrogens with zero attached hydrogens (tertiary/aromatic N) is 2. The third kappa shape index (κ3) is 4.98. The Morgan fingerprint density at radius 2 is 1.66 bits per heavy atom. The van der Waals surface area contributed by atoms with E-state index < -0.39 is 12.0 Å². The SMILES string of the molecule is O=C([O-])[C@@H]1CSc2c(-c3ccccc3)c(Cc3cccc4ccccc34)c(CN3CCOCC3)c(=O)n21.[Li+]. The summed E-state index contributed by atoms with van der Waals surface area (Å²) in [5.74, 6) is -0.932. The molecule has 1 aromatic heterocycles. The maximum absolute atomic E-state index is 14.1. The zero-order chi connectivity index (χ0) is 25.4. The fraction of sp³-hybridized carbons (Fsp3) is 0.267. The van der Waals surface area contributed by atoms with E-state index in [0.717, 1.165) is 46.1 Å². The van der Waals surface area contributed by atoms with Crippen LogP contribution in [0.25, 0.3) is 21.9 Å². The predicted octanol–water partition coefficient (Wildman–Crippen LogP) is 0.492. The second-order valence-corrected chi connectivity index (χ2v) is 10.5. The van der Waals surface area contributed by atoms with Crippen LogP contribution in [0.1, 0.15) is 22.7 Å². The van der Waals surface area contributed by atoms with Crippen LogP contribution in [0, 0.1) is 0 Å². The number of fused-ring (bicyclic) bond motifs is 2. The molecule has 1 saturated heterocycles. The Balaban J connectivity index is 0.00000294. The van der Waals surface area contributed by atoms with Crippen LogP contribution in [0.2, 0.25) is 0 Å². The van der Waals surface area contributed by atoms with Crippen molar-refractivity contribution in [3.63, 3.8) is 0 Å². The van der Waals surface area contributed by atoms with Gasteiger partial charge in [-0.3, -0.25) is 14.3 Å². The van der Waals surface area contributed by atoms with E-state index in [0.29, 0.717) is 36.8 Å². The van der Waals surface area contributed by atoms with Crippen LogP contribution in [0.3, 0.4) is 0 Å². The number of carboxylic acids is 1. The summed E-state index contributed by atoms with van der Waals surface area (Å²) in [6.45, 7) is 3.15. The molecule has 0 radical (unpaired) electrons. The van der Waals surface area contributed by atoms with E-state index in [-0.39, 0.29) is 30.2 Å². The number of carbonyl (C=O) groups excluding carboxylic acids is 1. The number of pyridine rings is 1. The Morgan fingerprint density at radius 1 is 0.947 bits per heavy atom. The molecule has 2 aliphatic rings. The second-order valence-electron chi connectivity index (χ2n) is 9.53. The van der Waals surface area contributed by atoms with Crippen LogP contribution in [0.4, 0.5) is 0 Å². The Kier molecular flexibility index (Phi) is 8.13. The minimum absolute atomic E-state index is 0. The van der Waals surface area contributed by atoms with Gasteiger partial charge >= 0.3 is 18.9 Å². The monoisotopic (exact) mass is 518 g/mol. The maximum Gasteiger partial charge on any atom is 1.00 e. The van der Waals surface area contributed by atoms with Gasteiger partial charge < -0.3 is 14.6 Å². The van der Waals surface area contributed by atoms with E-state index in [1.54, 1.807) is 0 Å². The van der Waals surface area contributed by atoms with Crippen molar-refractivity contribution < 1.29 is 33.5 Å². The predicted molar refractivity (Wildman–Crippen MR) is 144 cm³/mol. The van der Waals surface area contributed by atoms with Crippen LogP contribution in [-0.4, -0.2) is 47.5 Å². The maximum atomic E-state index is 14.1. The van der Waals surface area contributed by atoms with Crippen molar-refractivity contribution in [1.29, 1.82) is 0 Å². The molecule has 8 heteroatoms. The normalized spacial score (nSPS) is 17.2.